The largest absolute Gasteiger partial charge is 0.326 e. The first-order valence-corrected chi connectivity index (χ1v) is 5.56. The van der Waals surface area contributed by atoms with E-state index in [9.17, 15) is 4.79 Å². The Balaban J connectivity index is 2.82. The third-order valence-electron chi connectivity index (χ3n) is 2.83. The number of ketones is 1. The van der Waals surface area contributed by atoms with Gasteiger partial charge in [0.2, 0.25) is 0 Å². The van der Waals surface area contributed by atoms with Gasteiger partial charge in [0.1, 0.15) is 0 Å². The van der Waals surface area contributed by atoms with Crippen molar-refractivity contribution in [1.29, 1.82) is 0 Å². The molecular formula is C13H19NO. The predicted molar refractivity (Wildman–Crippen MR) is 62.7 cm³/mol. The monoisotopic (exact) mass is 205 g/mol. The van der Waals surface area contributed by atoms with Crippen LogP contribution in [-0.4, -0.2) is 5.78 Å². The Bertz CT molecular complexity index is 312. The molecule has 0 saturated carbocycles. The second-order valence-electron chi connectivity index (χ2n) is 3.78. The minimum atomic E-state index is 0.161. The van der Waals surface area contributed by atoms with Crippen molar-refractivity contribution in [2.75, 3.05) is 0 Å². The molecule has 1 aromatic rings. The summed E-state index contributed by atoms with van der Waals surface area (Å²) in [5.41, 5.74) is 7.38. The van der Waals surface area contributed by atoms with Crippen molar-refractivity contribution in [2.24, 2.45) is 11.7 Å². The molecule has 2 nitrogen and oxygen atoms in total. The number of benzene rings is 1. The lowest BCUT2D eigenvalue weighted by Gasteiger charge is -2.11. The van der Waals surface area contributed by atoms with Crippen LogP contribution in [0.25, 0.3) is 0 Å². The zero-order chi connectivity index (χ0) is 11.3. The average Bonchev–Trinajstić information content (AvgIpc) is 2.30. The van der Waals surface area contributed by atoms with Gasteiger partial charge in [-0.2, -0.15) is 0 Å². The fourth-order valence-corrected chi connectivity index (χ4v) is 1.70. The number of carbonyl (C=O) groups excluding carboxylic acids is 1. The summed E-state index contributed by atoms with van der Waals surface area (Å²) < 4.78 is 0. The van der Waals surface area contributed by atoms with Crippen LogP contribution >= 0.6 is 0 Å². The topological polar surface area (TPSA) is 43.1 Å². The summed E-state index contributed by atoms with van der Waals surface area (Å²) in [7, 11) is 0. The lowest BCUT2D eigenvalue weighted by Crippen LogP contribution is -2.13. The Morgan fingerprint density at radius 2 is 1.73 bits per heavy atom. The highest BCUT2D eigenvalue weighted by molar-refractivity contribution is 5.97. The Morgan fingerprint density at radius 3 is 2.13 bits per heavy atom. The molecule has 1 rings (SSSR count). The van der Waals surface area contributed by atoms with Crippen LogP contribution in [0.15, 0.2) is 24.3 Å². The Labute approximate surface area is 91.5 Å². The first-order chi connectivity index (χ1) is 7.22. The number of nitrogens with two attached hydrogens (primary N) is 1. The summed E-state index contributed by atoms with van der Waals surface area (Å²) in [5, 5.41) is 0. The van der Waals surface area contributed by atoms with E-state index in [4.69, 9.17) is 5.73 Å². The van der Waals surface area contributed by atoms with Crippen molar-refractivity contribution < 1.29 is 4.79 Å². The Morgan fingerprint density at radius 1 is 1.20 bits per heavy atom. The van der Waals surface area contributed by atoms with E-state index in [1.165, 1.54) is 0 Å². The maximum absolute atomic E-state index is 12.0. The van der Waals surface area contributed by atoms with Crippen LogP contribution in [0.4, 0.5) is 0 Å². The van der Waals surface area contributed by atoms with E-state index in [2.05, 4.69) is 13.8 Å². The zero-order valence-corrected chi connectivity index (χ0v) is 9.49. The zero-order valence-electron chi connectivity index (χ0n) is 9.49. The molecule has 2 heteroatoms. The number of carbonyl (C=O) groups is 1. The standard InChI is InChI=1S/C13H19NO/c1-3-11(4-2)13(15)12-7-5-10(9-14)6-8-12/h5-8,11H,3-4,9,14H2,1-2H3. The highest BCUT2D eigenvalue weighted by atomic mass is 16.1. The van der Waals surface area contributed by atoms with E-state index in [0.29, 0.717) is 6.54 Å². The molecule has 0 aromatic heterocycles. The van der Waals surface area contributed by atoms with Gasteiger partial charge in [0.05, 0.1) is 0 Å². The lowest BCUT2D eigenvalue weighted by molar-refractivity contribution is 0.0913. The first kappa shape index (κ1) is 11.9. The van der Waals surface area contributed by atoms with E-state index in [0.717, 1.165) is 24.0 Å². The van der Waals surface area contributed by atoms with Crippen molar-refractivity contribution in [3.63, 3.8) is 0 Å². The predicted octanol–water partition coefficient (Wildman–Crippen LogP) is 2.76. The summed E-state index contributed by atoms with van der Waals surface area (Å²) >= 11 is 0. The SMILES string of the molecule is CCC(CC)C(=O)c1ccc(CN)cc1. The van der Waals surface area contributed by atoms with Gasteiger partial charge < -0.3 is 5.73 Å². The lowest BCUT2D eigenvalue weighted by atomic mass is 9.93. The van der Waals surface area contributed by atoms with Gasteiger partial charge in [-0.05, 0) is 18.4 Å². The maximum atomic E-state index is 12.0. The van der Waals surface area contributed by atoms with Crippen molar-refractivity contribution in [2.45, 2.75) is 33.2 Å². The molecule has 0 heterocycles. The molecular weight excluding hydrogens is 186 g/mol. The molecule has 0 aliphatic carbocycles. The summed E-state index contributed by atoms with van der Waals surface area (Å²) in [6.45, 7) is 4.64. The van der Waals surface area contributed by atoms with Crippen molar-refractivity contribution >= 4 is 5.78 Å². The van der Waals surface area contributed by atoms with E-state index in [-0.39, 0.29) is 11.7 Å². The van der Waals surface area contributed by atoms with Crippen molar-refractivity contribution in [3.05, 3.63) is 35.4 Å². The molecule has 0 unspecified atom stereocenters. The third kappa shape index (κ3) is 2.90. The van der Waals surface area contributed by atoms with Gasteiger partial charge in [-0.25, -0.2) is 0 Å². The van der Waals surface area contributed by atoms with Crippen molar-refractivity contribution in [3.8, 4) is 0 Å². The van der Waals surface area contributed by atoms with Crippen LogP contribution in [0.2, 0.25) is 0 Å². The van der Waals surface area contributed by atoms with Crippen LogP contribution < -0.4 is 5.73 Å². The molecule has 0 fully saturated rings. The third-order valence-corrected chi connectivity index (χ3v) is 2.83. The van der Waals surface area contributed by atoms with Gasteiger partial charge in [-0.15, -0.1) is 0 Å². The molecule has 0 atom stereocenters. The molecule has 15 heavy (non-hydrogen) atoms. The Kier molecular flexibility index (Phi) is 4.50. The van der Waals surface area contributed by atoms with E-state index in [1.54, 1.807) is 0 Å². The molecule has 0 aliphatic rings. The smallest absolute Gasteiger partial charge is 0.165 e. The normalized spacial score (nSPS) is 10.7. The number of hydrogen-bond donors (Lipinski definition) is 1. The van der Waals surface area contributed by atoms with Gasteiger partial charge in [0.15, 0.2) is 5.78 Å². The molecule has 0 radical (unpaired) electrons. The molecule has 0 amide bonds. The highest BCUT2D eigenvalue weighted by Gasteiger charge is 2.15. The maximum Gasteiger partial charge on any atom is 0.165 e. The van der Waals surface area contributed by atoms with Crippen LogP contribution in [0.3, 0.4) is 0 Å². The van der Waals surface area contributed by atoms with E-state index < -0.39 is 0 Å². The average molecular weight is 205 g/mol. The summed E-state index contributed by atoms with van der Waals surface area (Å²) in [4.78, 5) is 12.0. The summed E-state index contributed by atoms with van der Waals surface area (Å²) in [5.74, 6) is 0.414. The fourth-order valence-electron chi connectivity index (χ4n) is 1.70. The molecule has 0 spiro atoms. The number of Topliss-reactive ketones (excluding diaryl/α,β-unsaturated/α-hetero) is 1. The summed E-state index contributed by atoms with van der Waals surface area (Å²) in [6, 6.07) is 7.61. The first-order valence-electron chi connectivity index (χ1n) is 5.56. The summed E-state index contributed by atoms with van der Waals surface area (Å²) in [6.07, 6.45) is 1.82. The van der Waals surface area contributed by atoms with Gasteiger partial charge >= 0.3 is 0 Å². The molecule has 0 bridgehead atoms. The van der Waals surface area contributed by atoms with Crippen LogP contribution in [-0.2, 0) is 6.54 Å². The molecule has 82 valence electrons. The highest BCUT2D eigenvalue weighted by Crippen LogP contribution is 2.16. The second kappa shape index (κ2) is 5.66. The molecule has 2 N–H and O–H groups in total. The van der Waals surface area contributed by atoms with Crippen molar-refractivity contribution in [1.82, 2.24) is 0 Å². The van der Waals surface area contributed by atoms with Gasteiger partial charge in [-0.1, -0.05) is 38.1 Å². The van der Waals surface area contributed by atoms with Gasteiger partial charge in [0.25, 0.3) is 0 Å². The van der Waals surface area contributed by atoms with Gasteiger partial charge in [0, 0.05) is 18.0 Å². The number of rotatable bonds is 5. The minimum absolute atomic E-state index is 0.161. The van der Waals surface area contributed by atoms with Gasteiger partial charge in [-0.3, -0.25) is 4.79 Å². The van der Waals surface area contributed by atoms with E-state index >= 15 is 0 Å². The quantitative estimate of drug-likeness (QED) is 0.751. The Hall–Kier alpha value is -1.15. The molecule has 0 aliphatic heterocycles. The molecule has 1 aromatic carbocycles. The molecule has 0 saturated heterocycles. The fraction of sp³-hybridized carbons (Fsp3) is 0.462. The van der Waals surface area contributed by atoms with Crippen LogP contribution in [0, 0.1) is 5.92 Å². The van der Waals surface area contributed by atoms with E-state index in [1.807, 2.05) is 24.3 Å². The number of hydrogen-bond acceptors (Lipinski definition) is 2. The second-order valence-corrected chi connectivity index (χ2v) is 3.78. The van der Waals surface area contributed by atoms with Crippen LogP contribution in [0.5, 0.6) is 0 Å². The minimum Gasteiger partial charge on any atom is -0.326 e. The van der Waals surface area contributed by atoms with Crippen LogP contribution in [0.1, 0.15) is 42.6 Å².